The zero-order valence-electron chi connectivity index (χ0n) is 18.8. The maximum Gasteiger partial charge on any atom is 0.289 e. The highest BCUT2D eigenvalue weighted by molar-refractivity contribution is 5.91. The van der Waals surface area contributed by atoms with Crippen LogP contribution in [-0.2, 0) is 11.2 Å². The fourth-order valence-electron chi connectivity index (χ4n) is 4.38. The number of aromatic amines is 1. The predicted molar refractivity (Wildman–Crippen MR) is 125 cm³/mol. The molecule has 1 aliphatic heterocycles. The highest BCUT2D eigenvalue weighted by Gasteiger charge is 2.33. The number of H-pyrrole nitrogens is 1. The number of aryl methyl sites for hydroxylation is 1. The van der Waals surface area contributed by atoms with E-state index < -0.39 is 0 Å². The topological polar surface area (TPSA) is 69.3 Å². The van der Waals surface area contributed by atoms with Gasteiger partial charge in [-0.05, 0) is 36.5 Å². The van der Waals surface area contributed by atoms with Crippen molar-refractivity contribution in [3.63, 3.8) is 0 Å². The smallest absolute Gasteiger partial charge is 0.289 e. The first-order valence-electron chi connectivity index (χ1n) is 11.3. The molecule has 2 aromatic carbocycles. The van der Waals surface area contributed by atoms with E-state index in [2.05, 4.69) is 60.2 Å². The third-order valence-corrected chi connectivity index (χ3v) is 6.07. The van der Waals surface area contributed by atoms with Gasteiger partial charge in [0, 0.05) is 38.6 Å². The third kappa shape index (κ3) is 4.74. The zero-order chi connectivity index (χ0) is 22.5. The fourth-order valence-corrected chi connectivity index (χ4v) is 4.38. The van der Waals surface area contributed by atoms with Crippen LogP contribution < -0.4 is 0 Å². The van der Waals surface area contributed by atoms with Crippen LogP contribution in [0.15, 0.2) is 60.9 Å². The van der Waals surface area contributed by atoms with E-state index in [1.165, 1.54) is 5.56 Å². The summed E-state index contributed by atoms with van der Waals surface area (Å²) >= 11 is 0. The largest absolute Gasteiger partial charge is 0.341 e. The molecule has 32 heavy (non-hydrogen) atoms. The number of benzene rings is 2. The van der Waals surface area contributed by atoms with E-state index >= 15 is 0 Å². The van der Waals surface area contributed by atoms with Crippen LogP contribution in [0, 0.1) is 12.8 Å². The summed E-state index contributed by atoms with van der Waals surface area (Å²) in [5.41, 5.74) is 4.61. The molecule has 1 aromatic heterocycles. The predicted octanol–water partition coefficient (Wildman–Crippen LogP) is 3.94. The number of aromatic nitrogens is 2. The molecule has 166 valence electrons. The first-order chi connectivity index (χ1) is 15.6. The average Bonchev–Trinajstić information content (AvgIpc) is 3.30. The van der Waals surface area contributed by atoms with Crippen molar-refractivity contribution in [3.05, 3.63) is 77.9 Å². The van der Waals surface area contributed by atoms with Gasteiger partial charge in [0.05, 0.1) is 5.92 Å². The number of carbonyl (C=O) groups excluding carboxylic acids is 2. The lowest BCUT2D eigenvalue weighted by molar-refractivity contribution is -0.134. The Kier molecular flexibility index (Phi) is 6.69. The number of imidazole rings is 1. The molecule has 1 saturated heterocycles. The number of amides is 2. The van der Waals surface area contributed by atoms with Gasteiger partial charge in [-0.15, -0.1) is 0 Å². The van der Waals surface area contributed by atoms with E-state index in [0.29, 0.717) is 38.4 Å². The van der Waals surface area contributed by atoms with Gasteiger partial charge in [0.2, 0.25) is 5.91 Å². The second-order valence-corrected chi connectivity index (χ2v) is 8.44. The van der Waals surface area contributed by atoms with Crippen molar-refractivity contribution >= 4 is 11.8 Å². The van der Waals surface area contributed by atoms with Crippen molar-refractivity contribution in [2.75, 3.05) is 26.2 Å². The number of rotatable bonds is 6. The lowest BCUT2D eigenvalue weighted by atomic mass is 9.91. The van der Waals surface area contributed by atoms with Crippen molar-refractivity contribution in [1.29, 1.82) is 0 Å². The summed E-state index contributed by atoms with van der Waals surface area (Å²) in [5, 5.41) is 0. The van der Waals surface area contributed by atoms with Gasteiger partial charge < -0.3 is 14.8 Å². The molecule has 1 aliphatic rings. The van der Waals surface area contributed by atoms with Crippen molar-refractivity contribution in [2.45, 2.75) is 26.7 Å². The molecule has 0 saturated carbocycles. The van der Waals surface area contributed by atoms with Gasteiger partial charge in [-0.1, -0.05) is 61.0 Å². The highest BCUT2D eigenvalue weighted by Crippen LogP contribution is 2.28. The standard InChI is InChI=1S/C26H30N4O2/c1-3-14-29-15-16-30(26(32)24-27-12-13-28-24)18-22(25(29)31)17-21-6-4-5-7-23(21)20-10-8-19(2)9-11-20/h4-13,22H,3,14-18H2,1-2H3,(H,27,28)/t22-/m0/s1. The summed E-state index contributed by atoms with van der Waals surface area (Å²) in [6, 6.07) is 16.7. The van der Waals surface area contributed by atoms with E-state index in [-0.39, 0.29) is 17.7 Å². The molecule has 0 unspecified atom stereocenters. The van der Waals surface area contributed by atoms with E-state index in [4.69, 9.17) is 0 Å². The van der Waals surface area contributed by atoms with Crippen molar-refractivity contribution < 1.29 is 9.59 Å². The number of hydrogen-bond acceptors (Lipinski definition) is 3. The highest BCUT2D eigenvalue weighted by atomic mass is 16.2. The maximum atomic E-state index is 13.5. The molecule has 1 N–H and O–H groups in total. The Hall–Kier alpha value is -3.41. The summed E-state index contributed by atoms with van der Waals surface area (Å²) < 4.78 is 0. The van der Waals surface area contributed by atoms with Crippen molar-refractivity contribution in [3.8, 4) is 11.1 Å². The first-order valence-corrected chi connectivity index (χ1v) is 11.3. The van der Waals surface area contributed by atoms with Gasteiger partial charge >= 0.3 is 0 Å². The summed E-state index contributed by atoms with van der Waals surface area (Å²) in [6.07, 6.45) is 4.71. The molecule has 1 atom stereocenters. The summed E-state index contributed by atoms with van der Waals surface area (Å²) in [5.74, 6) is -0.00645. The minimum absolute atomic E-state index is 0.125. The molecule has 0 radical (unpaired) electrons. The SMILES string of the molecule is CCCN1CCN(C(=O)c2ncc[nH]2)C[C@H](Cc2ccccc2-c2ccc(C)cc2)C1=O. The number of hydrogen-bond donors (Lipinski definition) is 1. The Bertz CT molecular complexity index is 1060. The summed E-state index contributed by atoms with van der Waals surface area (Å²) in [6.45, 7) is 6.31. The Morgan fingerprint density at radius 3 is 2.62 bits per heavy atom. The van der Waals surface area contributed by atoms with Crippen LogP contribution in [0.1, 0.15) is 35.1 Å². The molecule has 6 heteroatoms. The second-order valence-electron chi connectivity index (χ2n) is 8.44. The molecule has 1 fully saturated rings. The van der Waals surface area contributed by atoms with E-state index in [1.54, 1.807) is 17.3 Å². The normalized spacial score (nSPS) is 16.8. The Labute approximate surface area is 189 Å². The Morgan fingerprint density at radius 1 is 1.12 bits per heavy atom. The van der Waals surface area contributed by atoms with Crippen LogP contribution in [0.3, 0.4) is 0 Å². The van der Waals surface area contributed by atoms with E-state index in [0.717, 1.165) is 23.1 Å². The second kappa shape index (κ2) is 9.81. The van der Waals surface area contributed by atoms with E-state index in [1.807, 2.05) is 17.0 Å². The van der Waals surface area contributed by atoms with Gasteiger partial charge in [0.1, 0.15) is 0 Å². The van der Waals surface area contributed by atoms with Crippen LogP contribution in [-0.4, -0.2) is 57.8 Å². The summed E-state index contributed by atoms with van der Waals surface area (Å²) in [7, 11) is 0. The maximum absolute atomic E-state index is 13.5. The van der Waals surface area contributed by atoms with Crippen molar-refractivity contribution in [1.82, 2.24) is 19.8 Å². The molecular formula is C26H30N4O2. The molecule has 4 rings (SSSR count). The van der Waals surface area contributed by atoms with Crippen LogP contribution in [0.25, 0.3) is 11.1 Å². The van der Waals surface area contributed by atoms with E-state index in [9.17, 15) is 9.59 Å². The van der Waals surface area contributed by atoms with Gasteiger partial charge in [-0.2, -0.15) is 0 Å². The Balaban J connectivity index is 1.63. The van der Waals surface area contributed by atoms with Gasteiger partial charge in [0.15, 0.2) is 5.82 Å². The van der Waals surface area contributed by atoms with Crippen LogP contribution in [0.5, 0.6) is 0 Å². The number of carbonyl (C=O) groups is 2. The third-order valence-electron chi connectivity index (χ3n) is 6.07. The molecule has 0 spiro atoms. The van der Waals surface area contributed by atoms with Crippen LogP contribution in [0.2, 0.25) is 0 Å². The van der Waals surface area contributed by atoms with Crippen LogP contribution in [0.4, 0.5) is 0 Å². The minimum atomic E-state index is -0.297. The van der Waals surface area contributed by atoms with Gasteiger partial charge in [-0.3, -0.25) is 9.59 Å². The lowest BCUT2D eigenvalue weighted by Gasteiger charge is -2.24. The molecule has 6 nitrogen and oxygen atoms in total. The number of nitrogens with zero attached hydrogens (tertiary/aromatic N) is 3. The lowest BCUT2D eigenvalue weighted by Crippen LogP contribution is -2.38. The average molecular weight is 431 g/mol. The van der Waals surface area contributed by atoms with Gasteiger partial charge in [0.25, 0.3) is 5.91 Å². The monoisotopic (exact) mass is 430 g/mol. The molecule has 3 aromatic rings. The molecule has 0 bridgehead atoms. The Morgan fingerprint density at radius 2 is 1.91 bits per heavy atom. The minimum Gasteiger partial charge on any atom is -0.341 e. The molecule has 2 heterocycles. The van der Waals surface area contributed by atoms with Crippen LogP contribution >= 0.6 is 0 Å². The summed E-state index contributed by atoms with van der Waals surface area (Å²) in [4.78, 5) is 37.2. The van der Waals surface area contributed by atoms with Gasteiger partial charge in [-0.25, -0.2) is 4.98 Å². The van der Waals surface area contributed by atoms with Crippen molar-refractivity contribution in [2.24, 2.45) is 5.92 Å². The fraction of sp³-hybridized carbons (Fsp3) is 0.346. The first kappa shape index (κ1) is 21.8. The molecule has 0 aliphatic carbocycles. The molecular weight excluding hydrogens is 400 g/mol. The number of nitrogens with one attached hydrogen (secondary N) is 1. The zero-order valence-corrected chi connectivity index (χ0v) is 18.8. The quantitative estimate of drug-likeness (QED) is 0.644. The molecule has 2 amide bonds.